The van der Waals surface area contributed by atoms with Gasteiger partial charge in [-0.3, -0.25) is 0 Å². The molecular formula is C17H12N2Se. The summed E-state index contributed by atoms with van der Waals surface area (Å²) in [4.78, 5) is 9.00. The number of hydrogen-bond acceptors (Lipinski definition) is 2. The zero-order valence-electron chi connectivity index (χ0n) is 11.0. The molecule has 96 valence electrons. The molecule has 0 radical (unpaired) electrons. The molecule has 0 spiro atoms. The Kier molecular flexibility index (Phi) is 2.69. The molecule has 0 aliphatic carbocycles. The van der Waals surface area contributed by atoms with Gasteiger partial charge >= 0.3 is 122 Å². The van der Waals surface area contributed by atoms with Crippen LogP contribution in [0.4, 0.5) is 0 Å². The fourth-order valence-corrected chi connectivity index (χ4v) is 4.75. The molecule has 1 aromatic carbocycles. The number of nitrogens with zero attached hydrogens (tertiary/aromatic N) is 2. The predicted octanol–water partition coefficient (Wildman–Crippen LogP) is 3.82. The van der Waals surface area contributed by atoms with Gasteiger partial charge in [-0.05, 0) is 0 Å². The standard InChI is InChI=1S/C17H12N2Se/c1-11-12(6-4-8-18-11)15-9-14-13-5-2-3-7-16(13)20-17(14)10-19-15/h2-10H,1H3. The summed E-state index contributed by atoms with van der Waals surface area (Å²) in [5, 5.41) is 2.71. The Morgan fingerprint density at radius 1 is 0.900 bits per heavy atom. The number of benzene rings is 1. The van der Waals surface area contributed by atoms with Crippen LogP contribution >= 0.6 is 0 Å². The molecule has 0 aliphatic heterocycles. The van der Waals surface area contributed by atoms with Gasteiger partial charge in [-0.2, -0.15) is 0 Å². The van der Waals surface area contributed by atoms with Crippen molar-refractivity contribution >= 4 is 33.8 Å². The molecule has 0 atom stereocenters. The third-order valence-corrected chi connectivity index (χ3v) is 5.90. The van der Waals surface area contributed by atoms with Crippen LogP contribution in [0, 0.1) is 6.92 Å². The maximum atomic E-state index is 4.64. The third kappa shape index (κ3) is 1.79. The molecule has 0 N–H and O–H groups in total. The normalized spacial score (nSPS) is 11.2. The van der Waals surface area contributed by atoms with Gasteiger partial charge in [-0.25, -0.2) is 0 Å². The average Bonchev–Trinajstić information content (AvgIpc) is 2.85. The van der Waals surface area contributed by atoms with Gasteiger partial charge in [-0.1, -0.05) is 0 Å². The summed E-state index contributed by atoms with van der Waals surface area (Å²) in [6.07, 6.45) is 3.86. The first kappa shape index (κ1) is 11.8. The van der Waals surface area contributed by atoms with Gasteiger partial charge in [0.2, 0.25) is 0 Å². The molecule has 3 heteroatoms. The van der Waals surface area contributed by atoms with Gasteiger partial charge in [-0.15, -0.1) is 0 Å². The van der Waals surface area contributed by atoms with Crippen LogP contribution in [-0.4, -0.2) is 24.5 Å². The van der Waals surface area contributed by atoms with Crippen LogP contribution in [-0.2, 0) is 0 Å². The van der Waals surface area contributed by atoms with E-state index in [4.69, 9.17) is 0 Å². The summed E-state index contributed by atoms with van der Waals surface area (Å²) in [7, 11) is 0. The molecule has 0 saturated carbocycles. The number of aryl methyl sites for hydroxylation is 1. The Labute approximate surface area is 122 Å². The van der Waals surface area contributed by atoms with Gasteiger partial charge in [0.1, 0.15) is 0 Å². The molecule has 4 rings (SSSR count). The first-order valence-electron chi connectivity index (χ1n) is 6.52. The molecular weight excluding hydrogens is 311 g/mol. The van der Waals surface area contributed by atoms with E-state index in [0.717, 1.165) is 17.0 Å². The van der Waals surface area contributed by atoms with Gasteiger partial charge < -0.3 is 0 Å². The van der Waals surface area contributed by atoms with E-state index in [1.165, 1.54) is 19.3 Å². The molecule has 0 aliphatic rings. The molecule has 0 unspecified atom stereocenters. The van der Waals surface area contributed by atoms with E-state index in [0.29, 0.717) is 14.5 Å². The first-order chi connectivity index (χ1) is 9.83. The summed E-state index contributed by atoms with van der Waals surface area (Å²) in [5.74, 6) is 0. The van der Waals surface area contributed by atoms with Gasteiger partial charge in [0.25, 0.3) is 0 Å². The fourth-order valence-electron chi connectivity index (χ4n) is 2.53. The van der Waals surface area contributed by atoms with Crippen molar-refractivity contribution in [3.8, 4) is 11.3 Å². The third-order valence-electron chi connectivity index (χ3n) is 3.55. The number of aromatic nitrogens is 2. The van der Waals surface area contributed by atoms with Crippen LogP contribution in [0.25, 0.3) is 30.6 Å². The monoisotopic (exact) mass is 324 g/mol. The second-order valence-electron chi connectivity index (χ2n) is 4.80. The quantitative estimate of drug-likeness (QED) is 0.498. The van der Waals surface area contributed by atoms with Crippen molar-refractivity contribution in [1.29, 1.82) is 0 Å². The fraction of sp³-hybridized carbons (Fsp3) is 0.0588. The van der Waals surface area contributed by atoms with Crippen molar-refractivity contribution in [3.63, 3.8) is 0 Å². The molecule has 0 fully saturated rings. The molecule has 0 bridgehead atoms. The summed E-state index contributed by atoms with van der Waals surface area (Å²) in [6.45, 7) is 2.03. The van der Waals surface area contributed by atoms with Crippen LogP contribution < -0.4 is 0 Å². The molecule has 2 nitrogen and oxygen atoms in total. The van der Waals surface area contributed by atoms with Crippen molar-refractivity contribution < 1.29 is 0 Å². The summed E-state index contributed by atoms with van der Waals surface area (Å²) >= 11 is 0.390. The van der Waals surface area contributed by atoms with Crippen molar-refractivity contribution in [2.24, 2.45) is 0 Å². The number of pyridine rings is 2. The zero-order valence-corrected chi connectivity index (χ0v) is 12.7. The molecule has 3 aromatic heterocycles. The van der Waals surface area contributed by atoms with E-state index in [-0.39, 0.29) is 0 Å². The van der Waals surface area contributed by atoms with E-state index >= 15 is 0 Å². The Balaban J connectivity index is 2.03. The minimum absolute atomic E-state index is 0.390. The molecule has 20 heavy (non-hydrogen) atoms. The Hall–Kier alpha value is -1.96. The SMILES string of the molecule is Cc1ncccc1-c1cc2c(cn1)[se]c1ccccc12. The van der Waals surface area contributed by atoms with Crippen LogP contribution in [0.2, 0.25) is 0 Å². The van der Waals surface area contributed by atoms with Gasteiger partial charge in [0.15, 0.2) is 0 Å². The molecule has 4 aromatic rings. The van der Waals surface area contributed by atoms with Crippen molar-refractivity contribution in [3.05, 3.63) is 60.6 Å². The maximum absolute atomic E-state index is 4.64. The Morgan fingerprint density at radius 2 is 1.80 bits per heavy atom. The summed E-state index contributed by atoms with van der Waals surface area (Å²) in [5.41, 5.74) is 3.16. The molecule has 0 amide bonds. The van der Waals surface area contributed by atoms with Crippen LogP contribution in [0.3, 0.4) is 0 Å². The van der Waals surface area contributed by atoms with E-state index in [1.807, 2.05) is 25.4 Å². The second kappa shape index (κ2) is 4.55. The number of rotatable bonds is 1. The average molecular weight is 323 g/mol. The van der Waals surface area contributed by atoms with E-state index in [9.17, 15) is 0 Å². The van der Waals surface area contributed by atoms with Gasteiger partial charge in [0.05, 0.1) is 0 Å². The summed E-state index contributed by atoms with van der Waals surface area (Å²) in [6, 6.07) is 14.9. The van der Waals surface area contributed by atoms with Crippen molar-refractivity contribution in [2.75, 3.05) is 0 Å². The Morgan fingerprint density at radius 3 is 2.70 bits per heavy atom. The number of fused-ring (bicyclic) bond motifs is 3. The van der Waals surface area contributed by atoms with Crippen molar-refractivity contribution in [2.45, 2.75) is 6.92 Å². The summed E-state index contributed by atoms with van der Waals surface area (Å²) < 4.78 is 2.83. The van der Waals surface area contributed by atoms with Crippen LogP contribution in [0.15, 0.2) is 54.9 Å². The van der Waals surface area contributed by atoms with Gasteiger partial charge in [0, 0.05) is 0 Å². The van der Waals surface area contributed by atoms with E-state index in [2.05, 4.69) is 46.4 Å². The second-order valence-corrected chi connectivity index (χ2v) is 7.07. The minimum atomic E-state index is 0.390. The molecule has 3 heterocycles. The molecule has 0 saturated heterocycles. The number of hydrogen-bond donors (Lipinski definition) is 0. The predicted molar refractivity (Wildman–Crippen MR) is 84.2 cm³/mol. The topological polar surface area (TPSA) is 25.8 Å². The van der Waals surface area contributed by atoms with E-state index < -0.39 is 0 Å². The Bertz CT molecular complexity index is 924. The van der Waals surface area contributed by atoms with Crippen LogP contribution in [0.1, 0.15) is 5.69 Å². The van der Waals surface area contributed by atoms with Crippen molar-refractivity contribution in [1.82, 2.24) is 9.97 Å². The van der Waals surface area contributed by atoms with Crippen LogP contribution in [0.5, 0.6) is 0 Å². The zero-order chi connectivity index (χ0) is 13.5. The van der Waals surface area contributed by atoms with E-state index in [1.54, 1.807) is 0 Å². The first-order valence-corrected chi connectivity index (χ1v) is 8.23.